The maximum atomic E-state index is 10.6. The van der Waals surface area contributed by atoms with Crippen molar-refractivity contribution < 1.29 is 17.8 Å². The highest BCUT2D eigenvalue weighted by Gasteiger charge is 2.00. The zero-order chi connectivity index (χ0) is 15.3. The molecule has 0 unspecified atom stereocenters. The van der Waals surface area contributed by atoms with Crippen molar-refractivity contribution >= 4 is 16.0 Å². The van der Waals surface area contributed by atoms with Crippen molar-refractivity contribution in [1.82, 2.24) is 10.2 Å². The van der Waals surface area contributed by atoms with Gasteiger partial charge < -0.3 is 10.2 Å². The molecule has 0 heterocycles. The molecule has 0 aromatic carbocycles. The topological polar surface area (TPSA) is 86.7 Å². The number of nitrogens with one attached hydrogen (secondary N) is 1. The number of hydrogen-bond donors (Lipinski definition) is 2. The second kappa shape index (κ2) is 12.1. The van der Waals surface area contributed by atoms with Gasteiger partial charge in [-0.25, -0.2) is 0 Å². The Labute approximate surface area is 116 Å². The Balaban J connectivity index is 0. The summed E-state index contributed by atoms with van der Waals surface area (Å²) in [7, 11) is 0.332. The molecule has 0 saturated heterocycles. The average molecular weight is 294 g/mol. The summed E-state index contributed by atoms with van der Waals surface area (Å²) in [5, 5.41) is 2.70. The zero-order valence-electron chi connectivity index (χ0n) is 12.1. The summed E-state index contributed by atoms with van der Waals surface area (Å²) in [6.45, 7) is 6.94. The van der Waals surface area contributed by atoms with Gasteiger partial charge in [-0.05, 0) is 39.6 Å². The van der Waals surface area contributed by atoms with E-state index >= 15 is 0 Å². The molecule has 0 spiro atoms. The molecule has 0 aliphatic heterocycles. The lowest BCUT2D eigenvalue weighted by Crippen LogP contribution is -2.25. The second-order valence-corrected chi connectivity index (χ2v) is 5.86. The SMILES string of the molecule is C=CC(=O)NCCCN(C)C.CCCCS(=O)(=O)O. The lowest BCUT2D eigenvalue weighted by molar-refractivity contribution is -0.116. The van der Waals surface area contributed by atoms with Crippen LogP contribution >= 0.6 is 0 Å². The average Bonchev–Trinajstić information content (AvgIpc) is 2.31. The van der Waals surface area contributed by atoms with Crippen molar-refractivity contribution in [3.8, 4) is 0 Å². The largest absolute Gasteiger partial charge is 0.353 e. The molecule has 114 valence electrons. The van der Waals surface area contributed by atoms with Gasteiger partial charge in [0.2, 0.25) is 5.91 Å². The van der Waals surface area contributed by atoms with E-state index in [9.17, 15) is 13.2 Å². The summed E-state index contributed by atoms with van der Waals surface area (Å²) < 4.78 is 28.0. The number of carbonyl (C=O) groups excluding carboxylic acids is 1. The van der Waals surface area contributed by atoms with E-state index in [2.05, 4.69) is 16.8 Å². The Morgan fingerprint density at radius 3 is 2.26 bits per heavy atom. The van der Waals surface area contributed by atoms with Gasteiger partial charge in [0.15, 0.2) is 0 Å². The molecule has 0 rings (SSSR count). The normalized spacial score (nSPS) is 10.6. The first-order valence-electron chi connectivity index (χ1n) is 6.23. The first-order valence-corrected chi connectivity index (χ1v) is 7.84. The van der Waals surface area contributed by atoms with E-state index < -0.39 is 10.1 Å². The van der Waals surface area contributed by atoms with Crippen LogP contribution in [0.5, 0.6) is 0 Å². The molecule has 0 aromatic rings. The smallest absolute Gasteiger partial charge is 0.264 e. The van der Waals surface area contributed by atoms with Crippen LogP contribution in [0.1, 0.15) is 26.2 Å². The molecule has 0 bridgehead atoms. The van der Waals surface area contributed by atoms with Gasteiger partial charge in [-0.15, -0.1) is 0 Å². The minimum absolute atomic E-state index is 0.0937. The summed E-state index contributed by atoms with van der Waals surface area (Å²) in [6, 6.07) is 0. The fourth-order valence-electron chi connectivity index (χ4n) is 1.01. The Morgan fingerprint density at radius 1 is 1.37 bits per heavy atom. The highest BCUT2D eigenvalue weighted by Crippen LogP contribution is 1.90. The predicted octanol–water partition coefficient (Wildman–Crippen LogP) is 0.915. The molecule has 0 aliphatic rings. The third kappa shape index (κ3) is 22.7. The number of rotatable bonds is 8. The van der Waals surface area contributed by atoms with Crippen molar-refractivity contribution in [2.24, 2.45) is 0 Å². The Kier molecular flexibility index (Phi) is 13.0. The summed E-state index contributed by atoms with van der Waals surface area (Å²) in [5.74, 6) is -0.201. The van der Waals surface area contributed by atoms with E-state index in [-0.39, 0.29) is 11.7 Å². The van der Waals surface area contributed by atoms with Gasteiger partial charge in [-0.2, -0.15) is 8.42 Å². The molecular weight excluding hydrogens is 268 g/mol. The quantitative estimate of drug-likeness (QED) is 0.395. The molecule has 0 aliphatic carbocycles. The number of nitrogens with zero attached hydrogens (tertiary/aromatic N) is 1. The van der Waals surface area contributed by atoms with Crippen LogP contribution in [-0.4, -0.2) is 56.7 Å². The highest BCUT2D eigenvalue weighted by molar-refractivity contribution is 7.85. The van der Waals surface area contributed by atoms with Crippen LogP contribution in [0.15, 0.2) is 12.7 Å². The van der Waals surface area contributed by atoms with Crippen LogP contribution in [0.4, 0.5) is 0 Å². The van der Waals surface area contributed by atoms with Gasteiger partial charge >= 0.3 is 0 Å². The van der Waals surface area contributed by atoms with Crippen molar-refractivity contribution in [1.29, 1.82) is 0 Å². The lowest BCUT2D eigenvalue weighted by Gasteiger charge is -2.08. The fourth-order valence-corrected chi connectivity index (χ4v) is 1.66. The number of unbranched alkanes of at least 4 members (excludes halogenated alkanes) is 1. The minimum Gasteiger partial charge on any atom is -0.353 e. The third-order valence-corrected chi connectivity index (χ3v) is 2.83. The maximum Gasteiger partial charge on any atom is 0.264 e. The molecular formula is C12H26N2O4S. The highest BCUT2D eigenvalue weighted by atomic mass is 32.2. The standard InChI is InChI=1S/C8H16N2O.C4H10O3S/c1-4-8(11)9-6-5-7-10(2)3;1-2-3-4-8(5,6)7/h4H,1,5-7H2,2-3H3,(H,9,11);2-4H2,1H3,(H,5,6,7). The van der Waals surface area contributed by atoms with Crippen molar-refractivity contribution in [3.05, 3.63) is 12.7 Å². The lowest BCUT2D eigenvalue weighted by atomic mass is 10.4. The van der Waals surface area contributed by atoms with Crippen molar-refractivity contribution in [2.45, 2.75) is 26.2 Å². The van der Waals surface area contributed by atoms with Gasteiger partial charge in [0, 0.05) is 6.54 Å². The Morgan fingerprint density at radius 2 is 1.95 bits per heavy atom. The first kappa shape index (κ1) is 20.4. The summed E-state index contributed by atoms with van der Waals surface area (Å²) in [4.78, 5) is 12.7. The van der Waals surface area contributed by atoms with Gasteiger partial charge in [0.05, 0.1) is 5.75 Å². The molecule has 1 amide bonds. The minimum atomic E-state index is -3.69. The maximum absolute atomic E-state index is 10.6. The monoisotopic (exact) mass is 294 g/mol. The molecule has 0 saturated carbocycles. The molecule has 0 atom stereocenters. The summed E-state index contributed by atoms with van der Waals surface area (Å²) in [6.07, 6.45) is 3.60. The zero-order valence-corrected chi connectivity index (χ0v) is 12.9. The number of hydrogen-bond acceptors (Lipinski definition) is 4. The first-order chi connectivity index (χ1) is 8.72. The Bertz CT molecular complexity index is 340. The molecule has 0 fully saturated rings. The fraction of sp³-hybridized carbons (Fsp3) is 0.750. The van der Waals surface area contributed by atoms with Gasteiger partial charge in [-0.3, -0.25) is 9.35 Å². The van der Waals surface area contributed by atoms with Crippen LogP contribution in [0.25, 0.3) is 0 Å². The van der Waals surface area contributed by atoms with Crippen molar-refractivity contribution in [2.75, 3.05) is 32.9 Å². The molecule has 6 nitrogen and oxygen atoms in total. The summed E-state index contributed by atoms with van der Waals surface area (Å²) >= 11 is 0. The van der Waals surface area contributed by atoms with Crippen LogP contribution in [-0.2, 0) is 14.9 Å². The van der Waals surface area contributed by atoms with E-state index in [1.807, 2.05) is 21.0 Å². The number of carbonyl (C=O) groups is 1. The van der Waals surface area contributed by atoms with E-state index in [1.165, 1.54) is 6.08 Å². The number of amides is 1. The van der Waals surface area contributed by atoms with Crippen molar-refractivity contribution in [3.63, 3.8) is 0 Å². The van der Waals surface area contributed by atoms with Gasteiger partial charge in [0.1, 0.15) is 0 Å². The van der Waals surface area contributed by atoms with E-state index in [4.69, 9.17) is 4.55 Å². The molecule has 7 heteroatoms. The van der Waals surface area contributed by atoms with Crippen LogP contribution in [0.3, 0.4) is 0 Å². The molecule has 2 N–H and O–H groups in total. The predicted molar refractivity (Wildman–Crippen MR) is 77.7 cm³/mol. The molecule has 0 aromatic heterocycles. The van der Waals surface area contributed by atoms with Gasteiger partial charge in [0.25, 0.3) is 10.1 Å². The van der Waals surface area contributed by atoms with E-state index in [0.29, 0.717) is 6.42 Å². The molecule has 0 radical (unpaired) electrons. The van der Waals surface area contributed by atoms with Crippen LogP contribution < -0.4 is 5.32 Å². The second-order valence-electron chi connectivity index (χ2n) is 4.29. The summed E-state index contributed by atoms with van der Waals surface area (Å²) in [5.41, 5.74) is 0. The Hall–Kier alpha value is -0.920. The van der Waals surface area contributed by atoms with E-state index in [0.717, 1.165) is 25.9 Å². The van der Waals surface area contributed by atoms with E-state index in [1.54, 1.807) is 0 Å². The molecule has 19 heavy (non-hydrogen) atoms. The van der Waals surface area contributed by atoms with Crippen LogP contribution in [0, 0.1) is 0 Å². The van der Waals surface area contributed by atoms with Crippen LogP contribution in [0.2, 0.25) is 0 Å². The third-order valence-electron chi connectivity index (χ3n) is 2.02. The van der Waals surface area contributed by atoms with Gasteiger partial charge in [-0.1, -0.05) is 19.9 Å².